The van der Waals surface area contributed by atoms with Crippen molar-refractivity contribution in [1.29, 1.82) is 0 Å². The molecule has 124 valence electrons. The van der Waals surface area contributed by atoms with Gasteiger partial charge in [-0.2, -0.15) is 0 Å². The summed E-state index contributed by atoms with van der Waals surface area (Å²) in [4.78, 5) is 23.5. The van der Waals surface area contributed by atoms with E-state index in [1.165, 1.54) is 16.2 Å². The normalized spacial score (nSPS) is 15.5. The van der Waals surface area contributed by atoms with Crippen LogP contribution >= 0.6 is 34.0 Å². The molecule has 1 aliphatic rings. The lowest BCUT2D eigenvalue weighted by Crippen LogP contribution is -2.26. The topological polar surface area (TPSA) is 66.9 Å². The predicted octanol–water partition coefficient (Wildman–Crippen LogP) is 4.05. The van der Waals surface area contributed by atoms with Gasteiger partial charge in [0.1, 0.15) is 10.7 Å². The van der Waals surface area contributed by atoms with Crippen LogP contribution in [0.15, 0.2) is 29.1 Å². The Labute approximate surface area is 151 Å². The fourth-order valence-corrected chi connectivity index (χ4v) is 5.29. The first-order valence-corrected chi connectivity index (χ1v) is 10.3. The highest BCUT2D eigenvalue weighted by Gasteiger charge is 2.19. The Morgan fingerprint density at radius 1 is 1.29 bits per heavy atom. The maximum absolute atomic E-state index is 12.4. The standard InChI is InChI=1S/C16H16N4OS3/c21-14(11-9-23-15(19-11)12-2-1-7-22-12)20-16-18-8-13(24-16)10-3-5-17-6-4-10/h1-2,7-10,17H,3-6H2,(H,18,20,21). The van der Waals surface area contributed by atoms with E-state index in [1.54, 1.807) is 28.1 Å². The zero-order chi connectivity index (χ0) is 16.4. The highest BCUT2D eigenvalue weighted by Crippen LogP contribution is 2.32. The van der Waals surface area contributed by atoms with Crippen molar-refractivity contribution >= 4 is 45.0 Å². The lowest BCUT2D eigenvalue weighted by Gasteiger charge is -2.20. The van der Waals surface area contributed by atoms with Crippen molar-refractivity contribution in [3.63, 3.8) is 0 Å². The molecular formula is C16H16N4OS3. The van der Waals surface area contributed by atoms with Crippen LogP contribution in [0.25, 0.3) is 9.88 Å². The molecule has 24 heavy (non-hydrogen) atoms. The van der Waals surface area contributed by atoms with Crippen LogP contribution in [0.4, 0.5) is 5.13 Å². The number of thiazole rings is 2. The van der Waals surface area contributed by atoms with Crippen LogP contribution in [0.1, 0.15) is 34.1 Å². The molecule has 0 atom stereocenters. The van der Waals surface area contributed by atoms with Gasteiger partial charge < -0.3 is 5.32 Å². The highest BCUT2D eigenvalue weighted by molar-refractivity contribution is 7.20. The number of rotatable bonds is 4. The Hall–Kier alpha value is -1.61. The molecule has 1 saturated heterocycles. The molecular weight excluding hydrogens is 360 g/mol. The summed E-state index contributed by atoms with van der Waals surface area (Å²) in [6.45, 7) is 2.10. The van der Waals surface area contributed by atoms with Crippen molar-refractivity contribution in [2.45, 2.75) is 18.8 Å². The SMILES string of the molecule is O=C(Nc1ncc(C2CCNCC2)s1)c1csc(-c2cccs2)n1. The molecule has 0 aliphatic carbocycles. The van der Waals surface area contributed by atoms with Gasteiger partial charge in [-0.1, -0.05) is 6.07 Å². The number of nitrogens with one attached hydrogen (secondary N) is 2. The van der Waals surface area contributed by atoms with Gasteiger partial charge in [0.05, 0.1) is 4.88 Å². The molecule has 2 N–H and O–H groups in total. The molecule has 0 unspecified atom stereocenters. The predicted molar refractivity (Wildman–Crippen MR) is 100 cm³/mol. The number of nitrogens with zero attached hydrogens (tertiary/aromatic N) is 2. The second kappa shape index (κ2) is 7.10. The Morgan fingerprint density at radius 2 is 2.17 bits per heavy atom. The molecule has 1 fully saturated rings. The Bertz CT molecular complexity index is 818. The van der Waals surface area contributed by atoms with Crippen LogP contribution in [-0.4, -0.2) is 29.0 Å². The van der Waals surface area contributed by atoms with E-state index in [9.17, 15) is 4.79 Å². The van der Waals surface area contributed by atoms with E-state index in [0.717, 1.165) is 35.8 Å². The van der Waals surface area contributed by atoms with Crippen LogP contribution in [0, 0.1) is 0 Å². The van der Waals surface area contributed by atoms with Gasteiger partial charge in [-0.3, -0.25) is 10.1 Å². The minimum absolute atomic E-state index is 0.194. The van der Waals surface area contributed by atoms with Crippen molar-refractivity contribution in [1.82, 2.24) is 15.3 Å². The van der Waals surface area contributed by atoms with E-state index in [1.807, 2.05) is 23.7 Å². The number of carbonyl (C=O) groups is 1. The first-order chi connectivity index (χ1) is 11.8. The maximum atomic E-state index is 12.4. The van der Waals surface area contributed by atoms with Gasteiger partial charge in [0, 0.05) is 16.5 Å². The summed E-state index contributed by atoms with van der Waals surface area (Å²) in [5, 5.41) is 11.6. The van der Waals surface area contributed by atoms with E-state index < -0.39 is 0 Å². The number of anilines is 1. The molecule has 3 aromatic rings. The van der Waals surface area contributed by atoms with Gasteiger partial charge in [-0.25, -0.2) is 9.97 Å². The summed E-state index contributed by atoms with van der Waals surface area (Å²) in [5.74, 6) is 0.361. The van der Waals surface area contributed by atoms with Crippen molar-refractivity contribution in [3.05, 3.63) is 39.7 Å². The van der Waals surface area contributed by atoms with Gasteiger partial charge in [-0.05, 0) is 43.3 Å². The molecule has 3 aromatic heterocycles. The fourth-order valence-electron chi connectivity index (χ4n) is 2.69. The minimum atomic E-state index is -0.194. The summed E-state index contributed by atoms with van der Waals surface area (Å²) in [6.07, 6.45) is 4.16. The van der Waals surface area contributed by atoms with E-state index in [2.05, 4.69) is 20.6 Å². The van der Waals surface area contributed by atoms with E-state index in [-0.39, 0.29) is 5.91 Å². The van der Waals surface area contributed by atoms with Crippen molar-refractivity contribution in [2.24, 2.45) is 0 Å². The average molecular weight is 377 g/mol. The Morgan fingerprint density at radius 3 is 2.96 bits per heavy atom. The molecule has 0 saturated carbocycles. The highest BCUT2D eigenvalue weighted by atomic mass is 32.1. The number of aromatic nitrogens is 2. The van der Waals surface area contributed by atoms with Gasteiger partial charge in [0.25, 0.3) is 5.91 Å². The van der Waals surface area contributed by atoms with Gasteiger partial charge in [0.2, 0.25) is 0 Å². The largest absolute Gasteiger partial charge is 0.317 e. The van der Waals surface area contributed by atoms with Gasteiger partial charge in [0.15, 0.2) is 5.13 Å². The molecule has 0 spiro atoms. The maximum Gasteiger partial charge on any atom is 0.276 e. The molecule has 1 aliphatic heterocycles. The lowest BCUT2D eigenvalue weighted by atomic mass is 9.97. The molecule has 8 heteroatoms. The van der Waals surface area contributed by atoms with Crippen LogP contribution in [0.5, 0.6) is 0 Å². The summed E-state index contributed by atoms with van der Waals surface area (Å²) >= 11 is 4.69. The zero-order valence-corrected chi connectivity index (χ0v) is 15.3. The Balaban J connectivity index is 1.43. The van der Waals surface area contributed by atoms with E-state index in [4.69, 9.17) is 0 Å². The van der Waals surface area contributed by atoms with Crippen molar-refractivity contribution < 1.29 is 4.79 Å². The minimum Gasteiger partial charge on any atom is -0.317 e. The fraction of sp³-hybridized carbons (Fsp3) is 0.312. The summed E-state index contributed by atoms with van der Waals surface area (Å²) in [5.41, 5.74) is 0.446. The number of thiophene rings is 1. The molecule has 0 bridgehead atoms. The van der Waals surface area contributed by atoms with E-state index >= 15 is 0 Å². The average Bonchev–Trinajstić information content (AvgIpc) is 3.36. The summed E-state index contributed by atoms with van der Waals surface area (Å²) in [7, 11) is 0. The molecule has 5 nitrogen and oxygen atoms in total. The molecule has 4 heterocycles. The quantitative estimate of drug-likeness (QED) is 0.721. The van der Waals surface area contributed by atoms with Crippen molar-refractivity contribution in [3.8, 4) is 9.88 Å². The molecule has 1 amide bonds. The van der Waals surface area contributed by atoms with Gasteiger partial charge >= 0.3 is 0 Å². The Kier molecular flexibility index (Phi) is 4.70. The first kappa shape index (κ1) is 15.9. The van der Waals surface area contributed by atoms with Crippen LogP contribution in [0.3, 0.4) is 0 Å². The summed E-state index contributed by atoms with van der Waals surface area (Å²) in [6, 6.07) is 4.00. The number of carbonyl (C=O) groups excluding carboxylic acids is 1. The van der Waals surface area contributed by atoms with Crippen molar-refractivity contribution in [2.75, 3.05) is 18.4 Å². The second-order valence-corrected chi connectivity index (χ2v) is 8.43. The monoisotopic (exact) mass is 376 g/mol. The summed E-state index contributed by atoms with van der Waals surface area (Å²) < 4.78 is 0. The van der Waals surface area contributed by atoms with Gasteiger partial charge in [-0.15, -0.1) is 34.0 Å². The van der Waals surface area contributed by atoms with Crippen LogP contribution in [0.2, 0.25) is 0 Å². The molecule has 0 radical (unpaired) electrons. The molecule has 0 aromatic carbocycles. The first-order valence-electron chi connectivity index (χ1n) is 7.77. The number of hydrogen-bond acceptors (Lipinski definition) is 7. The van der Waals surface area contributed by atoms with E-state index in [0.29, 0.717) is 16.7 Å². The lowest BCUT2D eigenvalue weighted by molar-refractivity contribution is 0.102. The third kappa shape index (κ3) is 3.41. The third-order valence-corrected chi connectivity index (χ3v) is 6.91. The van der Waals surface area contributed by atoms with Crippen LogP contribution < -0.4 is 10.6 Å². The third-order valence-electron chi connectivity index (χ3n) is 3.95. The smallest absolute Gasteiger partial charge is 0.276 e. The number of amides is 1. The number of hydrogen-bond donors (Lipinski definition) is 2. The second-order valence-electron chi connectivity index (χ2n) is 5.56. The zero-order valence-electron chi connectivity index (χ0n) is 12.8. The number of piperidine rings is 1. The van der Waals surface area contributed by atoms with Crippen LogP contribution in [-0.2, 0) is 0 Å². The molecule has 4 rings (SSSR count).